The number of thiocarbonyl (C=S) groups is 1. The Bertz CT molecular complexity index is 1400. The second-order valence-corrected chi connectivity index (χ2v) is 10.5. The van der Waals surface area contributed by atoms with Gasteiger partial charge < -0.3 is 4.90 Å². The number of carbonyl (C=O) groups excluding carboxylic acids is 1. The number of rotatable bonds is 4. The Morgan fingerprint density at radius 2 is 1.88 bits per heavy atom. The summed E-state index contributed by atoms with van der Waals surface area (Å²) in [5, 5.41) is 0.584. The lowest BCUT2D eigenvalue weighted by atomic mass is 10.1. The summed E-state index contributed by atoms with van der Waals surface area (Å²) < 4.78 is 2.00. The van der Waals surface area contributed by atoms with Crippen LogP contribution in [0.5, 0.6) is 0 Å². The van der Waals surface area contributed by atoms with Gasteiger partial charge in [-0.05, 0) is 55.5 Å². The fourth-order valence-corrected chi connectivity index (χ4v) is 5.77. The molecule has 5 rings (SSSR count). The van der Waals surface area contributed by atoms with Crippen LogP contribution < -0.4 is 10.5 Å². The van der Waals surface area contributed by atoms with Crippen LogP contribution in [0.3, 0.4) is 0 Å². The van der Waals surface area contributed by atoms with Crippen molar-refractivity contribution in [2.75, 3.05) is 18.0 Å². The first-order chi connectivity index (χ1) is 16.4. The predicted molar refractivity (Wildman–Crippen MR) is 142 cm³/mol. The Labute approximate surface area is 212 Å². The van der Waals surface area contributed by atoms with E-state index in [4.69, 9.17) is 28.8 Å². The zero-order chi connectivity index (χ0) is 23.8. The molecule has 0 unspecified atom stereocenters. The molecule has 0 N–H and O–H groups in total. The van der Waals surface area contributed by atoms with E-state index in [9.17, 15) is 9.59 Å². The fraction of sp³-hybridized carbons (Fsp3) is 0.280. The van der Waals surface area contributed by atoms with Gasteiger partial charge in [0, 0.05) is 24.3 Å². The van der Waals surface area contributed by atoms with E-state index in [1.54, 1.807) is 22.7 Å². The molecule has 174 valence electrons. The number of aromatic nitrogens is 2. The summed E-state index contributed by atoms with van der Waals surface area (Å²) in [6.45, 7) is 3.90. The number of piperidine rings is 1. The molecule has 2 saturated heterocycles. The van der Waals surface area contributed by atoms with Crippen LogP contribution in [0.2, 0.25) is 5.02 Å². The second kappa shape index (κ2) is 9.52. The van der Waals surface area contributed by atoms with Crippen molar-refractivity contribution < 1.29 is 4.79 Å². The molecule has 6 nitrogen and oxygen atoms in total. The molecule has 0 spiro atoms. The van der Waals surface area contributed by atoms with E-state index in [0.29, 0.717) is 31.3 Å². The molecule has 2 fully saturated rings. The molecule has 0 bridgehead atoms. The molecule has 0 atom stereocenters. The van der Waals surface area contributed by atoms with Crippen molar-refractivity contribution in [1.29, 1.82) is 0 Å². The van der Waals surface area contributed by atoms with Gasteiger partial charge in [-0.25, -0.2) is 4.98 Å². The third-order valence-electron chi connectivity index (χ3n) is 6.16. The number of nitrogens with zero attached hydrogens (tertiary/aromatic N) is 4. The molecular formula is C25H23ClN4O2S2. The number of aryl methyl sites for hydroxylation is 1. The van der Waals surface area contributed by atoms with Crippen molar-refractivity contribution in [1.82, 2.24) is 14.3 Å². The topological polar surface area (TPSA) is 57.9 Å². The van der Waals surface area contributed by atoms with E-state index in [1.807, 2.05) is 37.3 Å². The third kappa shape index (κ3) is 4.26. The van der Waals surface area contributed by atoms with Crippen LogP contribution in [0.1, 0.15) is 36.0 Å². The summed E-state index contributed by atoms with van der Waals surface area (Å²) in [5.74, 6) is 0.406. The summed E-state index contributed by atoms with van der Waals surface area (Å²) in [4.78, 5) is 35.9. The first-order valence-electron chi connectivity index (χ1n) is 11.2. The minimum absolute atomic E-state index is 0.189. The maximum atomic E-state index is 13.6. The van der Waals surface area contributed by atoms with Gasteiger partial charge in [-0.3, -0.25) is 18.9 Å². The zero-order valence-corrected chi connectivity index (χ0v) is 21.1. The van der Waals surface area contributed by atoms with Crippen molar-refractivity contribution in [3.05, 3.63) is 79.6 Å². The highest BCUT2D eigenvalue weighted by Crippen LogP contribution is 2.35. The van der Waals surface area contributed by atoms with Crippen molar-refractivity contribution >= 4 is 63.3 Å². The van der Waals surface area contributed by atoms with Crippen LogP contribution in [-0.4, -0.2) is 37.6 Å². The number of carbonyl (C=O) groups is 1. The van der Waals surface area contributed by atoms with Gasteiger partial charge in [-0.1, -0.05) is 59.8 Å². The highest BCUT2D eigenvalue weighted by atomic mass is 35.5. The Hall–Kier alpha value is -2.68. The third-order valence-corrected chi connectivity index (χ3v) is 7.90. The number of benzene rings is 1. The first kappa shape index (κ1) is 23.1. The van der Waals surface area contributed by atoms with Crippen LogP contribution in [0.15, 0.2) is 52.3 Å². The second-order valence-electron chi connectivity index (χ2n) is 8.45. The van der Waals surface area contributed by atoms with Crippen LogP contribution in [-0.2, 0) is 11.3 Å². The molecule has 1 aromatic carbocycles. The van der Waals surface area contributed by atoms with Crippen molar-refractivity contribution in [2.45, 2.75) is 32.7 Å². The van der Waals surface area contributed by atoms with Gasteiger partial charge in [0.1, 0.15) is 15.8 Å². The lowest BCUT2D eigenvalue weighted by Gasteiger charge is -2.29. The van der Waals surface area contributed by atoms with Crippen LogP contribution in [0.4, 0.5) is 5.82 Å². The Kier molecular flexibility index (Phi) is 6.46. The molecule has 0 radical (unpaired) electrons. The summed E-state index contributed by atoms with van der Waals surface area (Å²) in [6, 6.07) is 11.2. The molecule has 3 aromatic rings. The van der Waals surface area contributed by atoms with E-state index in [1.165, 1.54) is 16.7 Å². The monoisotopic (exact) mass is 510 g/mol. The lowest BCUT2D eigenvalue weighted by molar-refractivity contribution is -0.122. The molecule has 9 heteroatoms. The number of amides is 1. The molecule has 4 heterocycles. The predicted octanol–water partition coefficient (Wildman–Crippen LogP) is 5.05. The smallest absolute Gasteiger partial charge is 0.267 e. The van der Waals surface area contributed by atoms with Gasteiger partial charge in [-0.15, -0.1) is 0 Å². The van der Waals surface area contributed by atoms with Crippen molar-refractivity contribution in [2.24, 2.45) is 0 Å². The normalized spacial score (nSPS) is 17.9. The Morgan fingerprint density at radius 1 is 1.12 bits per heavy atom. The number of fused-ring (bicyclic) bond motifs is 1. The highest BCUT2D eigenvalue weighted by molar-refractivity contribution is 8.26. The lowest BCUT2D eigenvalue weighted by Crippen LogP contribution is -2.33. The summed E-state index contributed by atoms with van der Waals surface area (Å²) >= 11 is 13.0. The summed E-state index contributed by atoms with van der Waals surface area (Å²) in [6.07, 6.45) is 6.65. The quantitative estimate of drug-likeness (QED) is 0.361. The van der Waals surface area contributed by atoms with Crippen LogP contribution in [0.25, 0.3) is 11.7 Å². The molecule has 0 aliphatic carbocycles. The molecule has 1 amide bonds. The minimum Gasteiger partial charge on any atom is -0.356 e. The molecule has 34 heavy (non-hydrogen) atoms. The average molecular weight is 511 g/mol. The SMILES string of the molecule is Cc1cccn2c(=O)c(C=C3SC(=S)N(Cc4ccccc4Cl)C3=O)c(N3CCCCC3)nc12. The molecule has 2 aromatic heterocycles. The van der Waals surface area contributed by atoms with Gasteiger partial charge in [0.05, 0.1) is 17.0 Å². The van der Waals surface area contributed by atoms with Crippen LogP contribution in [0, 0.1) is 6.92 Å². The van der Waals surface area contributed by atoms with Gasteiger partial charge in [0.15, 0.2) is 0 Å². The maximum absolute atomic E-state index is 13.6. The number of pyridine rings is 1. The first-order valence-corrected chi connectivity index (χ1v) is 12.8. The average Bonchev–Trinajstić information content (AvgIpc) is 3.10. The van der Waals surface area contributed by atoms with Gasteiger partial charge in [0.25, 0.3) is 11.5 Å². The highest BCUT2D eigenvalue weighted by Gasteiger charge is 2.33. The summed E-state index contributed by atoms with van der Waals surface area (Å²) in [7, 11) is 0. The van der Waals surface area contributed by atoms with E-state index in [0.717, 1.165) is 43.5 Å². The van der Waals surface area contributed by atoms with Gasteiger partial charge >= 0.3 is 0 Å². The van der Waals surface area contributed by atoms with E-state index >= 15 is 0 Å². The Morgan fingerprint density at radius 3 is 2.65 bits per heavy atom. The van der Waals surface area contributed by atoms with E-state index in [-0.39, 0.29) is 18.0 Å². The van der Waals surface area contributed by atoms with Crippen molar-refractivity contribution in [3.63, 3.8) is 0 Å². The number of halogens is 1. The maximum Gasteiger partial charge on any atom is 0.267 e. The fourth-order valence-electron chi connectivity index (χ4n) is 4.34. The summed E-state index contributed by atoms with van der Waals surface area (Å²) in [5.41, 5.74) is 2.61. The largest absolute Gasteiger partial charge is 0.356 e. The zero-order valence-electron chi connectivity index (χ0n) is 18.7. The molecule has 2 aliphatic heterocycles. The standard InChI is InChI=1S/C25H23ClN4O2S2/c1-16-8-7-13-29-21(16)27-22(28-11-5-2-6-12-28)18(23(29)31)14-20-24(32)30(25(33)34-20)15-17-9-3-4-10-19(17)26/h3-4,7-10,13-14H,2,5-6,11-12,15H2,1H3. The number of thioether (sulfide) groups is 1. The number of hydrogen-bond donors (Lipinski definition) is 0. The Balaban J connectivity index is 1.58. The van der Waals surface area contributed by atoms with Crippen molar-refractivity contribution in [3.8, 4) is 0 Å². The van der Waals surface area contributed by atoms with Crippen LogP contribution >= 0.6 is 35.6 Å². The van der Waals surface area contributed by atoms with E-state index < -0.39 is 0 Å². The molecular weight excluding hydrogens is 488 g/mol. The molecule has 0 saturated carbocycles. The van der Waals surface area contributed by atoms with E-state index in [2.05, 4.69) is 4.90 Å². The number of hydrogen-bond acceptors (Lipinski definition) is 6. The molecule has 2 aliphatic rings. The minimum atomic E-state index is -0.228. The van der Waals surface area contributed by atoms with Gasteiger partial charge in [-0.2, -0.15) is 0 Å². The number of anilines is 1. The van der Waals surface area contributed by atoms with Gasteiger partial charge in [0.2, 0.25) is 0 Å².